The van der Waals surface area contributed by atoms with Gasteiger partial charge < -0.3 is 14.4 Å². The molecule has 0 bridgehead atoms. The first-order valence-electron chi connectivity index (χ1n) is 7.44. The van der Waals surface area contributed by atoms with Crippen molar-refractivity contribution in [1.29, 1.82) is 0 Å². The van der Waals surface area contributed by atoms with E-state index < -0.39 is 0 Å². The minimum Gasteiger partial charge on any atom is -0.494 e. The van der Waals surface area contributed by atoms with Crippen LogP contribution in [0.1, 0.15) is 13.3 Å². The van der Waals surface area contributed by atoms with E-state index in [0.717, 1.165) is 36.2 Å². The molecular weight excluding hydrogens is 264 g/mol. The van der Waals surface area contributed by atoms with E-state index >= 15 is 0 Å². The number of piperidine rings is 1. The van der Waals surface area contributed by atoms with Gasteiger partial charge in [0.25, 0.3) is 0 Å². The van der Waals surface area contributed by atoms with Crippen LogP contribution in [0.4, 0.5) is 5.69 Å². The Labute approximate surface area is 125 Å². The summed E-state index contributed by atoms with van der Waals surface area (Å²) in [7, 11) is 3.49. The zero-order valence-electron chi connectivity index (χ0n) is 12.9. The summed E-state index contributed by atoms with van der Waals surface area (Å²) in [5.41, 5.74) is 2.14. The van der Waals surface area contributed by atoms with Gasteiger partial charge in [0, 0.05) is 37.5 Å². The molecule has 3 rings (SSSR count). The molecule has 0 saturated carbocycles. The summed E-state index contributed by atoms with van der Waals surface area (Å²) in [5, 5.41) is 1.14. The molecule has 2 heterocycles. The first-order valence-corrected chi connectivity index (χ1v) is 7.44. The Morgan fingerprint density at radius 3 is 2.86 bits per heavy atom. The predicted octanol–water partition coefficient (Wildman–Crippen LogP) is 3.10. The van der Waals surface area contributed by atoms with E-state index in [2.05, 4.69) is 28.9 Å². The van der Waals surface area contributed by atoms with Crippen molar-refractivity contribution in [2.75, 3.05) is 32.2 Å². The van der Waals surface area contributed by atoms with Crippen LogP contribution in [0.25, 0.3) is 10.9 Å². The average molecular weight is 286 g/mol. The molecule has 2 atom stereocenters. The fourth-order valence-corrected chi connectivity index (χ4v) is 3.13. The molecule has 0 spiro atoms. The number of fused-ring (bicyclic) bond motifs is 1. The van der Waals surface area contributed by atoms with Crippen molar-refractivity contribution in [2.24, 2.45) is 5.92 Å². The van der Waals surface area contributed by atoms with Crippen LogP contribution in [-0.2, 0) is 4.74 Å². The molecule has 21 heavy (non-hydrogen) atoms. The lowest BCUT2D eigenvalue weighted by Gasteiger charge is -2.38. The van der Waals surface area contributed by atoms with Crippen LogP contribution in [-0.4, -0.2) is 38.4 Å². The number of aromatic nitrogens is 1. The number of benzene rings is 1. The Morgan fingerprint density at radius 1 is 1.24 bits per heavy atom. The lowest BCUT2D eigenvalue weighted by Crippen LogP contribution is -2.44. The van der Waals surface area contributed by atoms with Gasteiger partial charge in [-0.2, -0.15) is 0 Å². The topological polar surface area (TPSA) is 34.6 Å². The van der Waals surface area contributed by atoms with Crippen molar-refractivity contribution in [2.45, 2.75) is 19.4 Å². The number of pyridine rings is 1. The van der Waals surface area contributed by atoms with Crippen LogP contribution in [0.5, 0.6) is 5.75 Å². The standard InChI is InChI=1S/C17H22N2O2/c1-12-8-10-19(11-16(12)21-3)14-7-9-18-17-13(14)5-4-6-15(17)20-2/h4-7,9,12,16H,8,10-11H2,1-3H3. The highest BCUT2D eigenvalue weighted by molar-refractivity contribution is 5.95. The third-order valence-electron chi connectivity index (χ3n) is 4.46. The fraction of sp³-hybridized carbons (Fsp3) is 0.471. The van der Waals surface area contributed by atoms with Gasteiger partial charge in [-0.15, -0.1) is 0 Å². The minimum absolute atomic E-state index is 0.285. The molecule has 1 aromatic carbocycles. The number of nitrogens with zero attached hydrogens (tertiary/aromatic N) is 2. The van der Waals surface area contributed by atoms with Gasteiger partial charge in [-0.3, -0.25) is 4.98 Å². The van der Waals surface area contributed by atoms with E-state index in [1.807, 2.05) is 18.3 Å². The number of rotatable bonds is 3. The third-order valence-corrected chi connectivity index (χ3v) is 4.46. The molecule has 1 saturated heterocycles. The smallest absolute Gasteiger partial charge is 0.145 e. The van der Waals surface area contributed by atoms with Gasteiger partial charge in [0.05, 0.1) is 13.2 Å². The summed E-state index contributed by atoms with van der Waals surface area (Å²) in [4.78, 5) is 6.88. The van der Waals surface area contributed by atoms with Crippen LogP contribution < -0.4 is 9.64 Å². The second-order valence-corrected chi connectivity index (χ2v) is 5.67. The predicted molar refractivity (Wildman–Crippen MR) is 85.1 cm³/mol. The maximum Gasteiger partial charge on any atom is 0.145 e. The monoisotopic (exact) mass is 286 g/mol. The van der Waals surface area contributed by atoms with Crippen molar-refractivity contribution in [3.63, 3.8) is 0 Å². The molecule has 2 aromatic rings. The normalized spacial score (nSPS) is 22.5. The highest BCUT2D eigenvalue weighted by Gasteiger charge is 2.27. The summed E-state index contributed by atoms with van der Waals surface area (Å²) < 4.78 is 11.1. The third kappa shape index (κ3) is 2.56. The second kappa shape index (κ2) is 5.90. The maximum atomic E-state index is 5.63. The van der Waals surface area contributed by atoms with Gasteiger partial charge in [-0.25, -0.2) is 0 Å². The zero-order chi connectivity index (χ0) is 14.8. The number of ether oxygens (including phenoxy) is 2. The van der Waals surface area contributed by atoms with Crippen LogP contribution in [0.15, 0.2) is 30.5 Å². The molecule has 0 amide bonds. The Bertz CT molecular complexity index is 629. The van der Waals surface area contributed by atoms with Crippen molar-refractivity contribution >= 4 is 16.6 Å². The van der Waals surface area contributed by atoms with Gasteiger partial charge in [0.2, 0.25) is 0 Å². The molecule has 2 unspecified atom stereocenters. The van der Waals surface area contributed by atoms with E-state index in [9.17, 15) is 0 Å². The van der Waals surface area contributed by atoms with E-state index in [1.54, 1.807) is 14.2 Å². The summed E-state index contributed by atoms with van der Waals surface area (Å²) in [6, 6.07) is 8.17. The number of hydrogen-bond acceptors (Lipinski definition) is 4. The Morgan fingerprint density at radius 2 is 2.10 bits per heavy atom. The summed E-state index contributed by atoms with van der Waals surface area (Å²) >= 11 is 0. The highest BCUT2D eigenvalue weighted by Crippen LogP contribution is 2.33. The molecule has 112 valence electrons. The first kappa shape index (κ1) is 14.1. The van der Waals surface area contributed by atoms with Gasteiger partial charge in [0.1, 0.15) is 11.3 Å². The molecule has 1 aliphatic rings. The molecule has 1 aromatic heterocycles. The molecule has 0 radical (unpaired) electrons. The number of anilines is 1. The van der Waals surface area contributed by atoms with E-state index in [4.69, 9.17) is 9.47 Å². The van der Waals surface area contributed by atoms with E-state index in [1.165, 1.54) is 5.69 Å². The average Bonchev–Trinajstić information content (AvgIpc) is 2.54. The number of methoxy groups -OCH3 is 2. The van der Waals surface area contributed by atoms with Gasteiger partial charge in [-0.1, -0.05) is 19.1 Å². The highest BCUT2D eigenvalue weighted by atomic mass is 16.5. The van der Waals surface area contributed by atoms with Gasteiger partial charge >= 0.3 is 0 Å². The van der Waals surface area contributed by atoms with Crippen molar-refractivity contribution in [3.8, 4) is 5.75 Å². The molecule has 1 aliphatic heterocycles. The number of para-hydroxylation sites is 1. The molecular formula is C17H22N2O2. The van der Waals surface area contributed by atoms with Crippen LogP contribution in [0.2, 0.25) is 0 Å². The molecule has 4 heteroatoms. The molecule has 1 fully saturated rings. The van der Waals surface area contributed by atoms with Crippen LogP contribution >= 0.6 is 0 Å². The number of hydrogen-bond donors (Lipinski definition) is 0. The summed E-state index contributed by atoms with van der Waals surface area (Å²) in [5.74, 6) is 1.43. The van der Waals surface area contributed by atoms with Crippen LogP contribution in [0.3, 0.4) is 0 Å². The first-order chi connectivity index (χ1) is 10.2. The lowest BCUT2D eigenvalue weighted by molar-refractivity contribution is 0.0499. The van der Waals surface area contributed by atoms with Gasteiger partial charge in [-0.05, 0) is 24.5 Å². The summed E-state index contributed by atoms with van der Waals surface area (Å²) in [6.45, 7) is 4.24. The SMILES string of the molecule is COc1cccc2c(N3CCC(C)C(OC)C3)ccnc12. The van der Waals surface area contributed by atoms with Crippen molar-refractivity contribution in [3.05, 3.63) is 30.5 Å². The van der Waals surface area contributed by atoms with Crippen LogP contribution in [0, 0.1) is 5.92 Å². The second-order valence-electron chi connectivity index (χ2n) is 5.67. The van der Waals surface area contributed by atoms with E-state index in [-0.39, 0.29) is 6.10 Å². The van der Waals surface area contributed by atoms with Crippen molar-refractivity contribution in [1.82, 2.24) is 4.98 Å². The Hall–Kier alpha value is -1.81. The Balaban J connectivity index is 2.01. The fourth-order valence-electron chi connectivity index (χ4n) is 3.13. The van der Waals surface area contributed by atoms with Crippen molar-refractivity contribution < 1.29 is 9.47 Å². The molecule has 0 N–H and O–H groups in total. The van der Waals surface area contributed by atoms with Gasteiger partial charge in [0.15, 0.2) is 0 Å². The van der Waals surface area contributed by atoms with E-state index in [0.29, 0.717) is 5.92 Å². The largest absolute Gasteiger partial charge is 0.494 e. The summed E-state index contributed by atoms with van der Waals surface area (Å²) in [6.07, 6.45) is 3.29. The Kier molecular flexibility index (Phi) is 3.97. The molecule has 4 nitrogen and oxygen atoms in total. The lowest BCUT2D eigenvalue weighted by atomic mass is 9.95. The molecule has 0 aliphatic carbocycles. The maximum absolute atomic E-state index is 5.63. The minimum atomic E-state index is 0.285. The zero-order valence-corrected chi connectivity index (χ0v) is 12.9. The quantitative estimate of drug-likeness (QED) is 0.868.